The summed E-state index contributed by atoms with van der Waals surface area (Å²) in [6.45, 7) is 8.05. The van der Waals surface area contributed by atoms with Gasteiger partial charge in [0.25, 0.3) is 0 Å². The molecule has 0 bridgehead atoms. The fourth-order valence-electron chi connectivity index (χ4n) is 4.26. The predicted molar refractivity (Wildman–Crippen MR) is 147 cm³/mol. The maximum absolute atomic E-state index is 5.60. The maximum Gasteiger partial charge on any atom is 0.231 e. The van der Waals surface area contributed by atoms with Gasteiger partial charge < -0.3 is 14.4 Å². The van der Waals surface area contributed by atoms with E-state index in [1.807, 2.05) is 12.1 Å². The van der Waals surface area contributed by atoms with Crippen LogP contribution in [-0.4, -0.2) is 42.6 Å². The highest BCUT2D eigenvalue weighted by Crippen LogP contribution is 2.33. The van der Waals surface area contributed by atoms with Crippen molar-refractivity contribution in [2.45, 2.75) is 39.8 Å². The molecule has 4 rings (SSSR count). The van der Waals surface area contributed by atoms with Crippen LogP contribution in [0.25, 0.3) is 0 Å². The summed E-state index contributed by atoms with van der Waals surface area (Å²) in [5, 5.41) is 0. The molecule has 0 aromatic heterocycles. The van der Waals surface area contributed by atoms with Crippen molar-refractivity contribution in [3.63, 3.8) is 0 Å². The van der Waals surface area contributed by atoms with E-state index in [2.05, 4.69) is 104 Å². The zero-order valence-electron chi connectivity index (χ0n) is 21.7. The zero-order valence-corrected chi connectivity index (χ0v) is 21.7. The molecular weight excluding hydrogens is 446 g/mol. The molecule has 36 heavy (non-hydrogen) atoms. The number of nitrogens with zero attached hydrogens (tertiary/aromatic N) is 3. The molecule has 0 amide bonds. The summed E-state index contributed by atoms with van der Waals surface area (Å²) in [5.41, 5.74) is 4.65. The molecule has 0 radical (unpaired) electrons. The molecule has 5 nitrogen and oxygen atoms in total. The van der Waals surface area contributed by atoms with Crippen molar-refractivity contribution in [3.8, 4) is 11.5 Å². The van der Waals surface area contributed by atoms with Gasteiger partial charge in [-0.3, -0.25) is 4.90 Å². The fourth-order valence-corrected chi connectivity index (χ4v) is 4.26. The minimum absolute atomic E-state index is 0.295. The predicted octanol–water partition coefficient (Wildman–Crippen LogP) is 6.50. The topological polar surface area (TPSA) is 37.3 Å². The molecule has 188 valence electrons. The van der Waals surface area contributed by atoms with E-state index in [0.29, 0.717) is 6.79 Å². The van der Waals surface area contributed by atoms with Gasteiger partial charge in [0.05, 0.1) is 0 Å². The van der Waals surface area contributed by atoms with E-state index in [1.165, 1.54) is 11.1 Å². The van der Waals surface area contributed by atoms with Crippen molar-refractivity contribution in [2.75, 3.05) is 26.9 Å². The second-order valence-electron chi connectivity index (χ2n) is 9.26. The van der Waals surface area contributed by atoms with Crippen LogP contribution in [0.2, 0.25) is 0 Å². The van der Waals surface area contributed by atoms with Gasteiger partial charge in [-0.15, -0.1) is 0 Å². The molecule has 1 aliphatic heterocycles. The molecule has 0 unspecified atom stereocenters. The molecule has 0 fully saturated rings. The highest BCUT2D eigenvalue weighted by molar-refractivity contribution is 5.99. The van der Waals surface area contributed by atoms with Crippen molar-refractivity contribution < 1.29 is 9.47 Å². The van der Waals surface area contributed by atoms with Crippen LogP contribution in [0.1, 0.15) is 43.4 Å². The second kappa shape index (κ2) is 12.9. The van der Waals surface area contributed by atoms with E-state index in [4.69, 9.17) is 14.5 Å². The number of benzene rings is 3. The van der Waals surface area contributed by atoms with Crippen molar-refractivity contribution >= 4 is 5.84 Å². The Bertz CT molecular complexity index is 1160. The summed E-state index contributed by atoms with van der Waals surface area (Å²) in [6.07, 6.45) is 4.54. The zero-order chi connectivity index (χ0) is 25.2. The highest BCUT2D eigenvalue weighted by atomic mass is 16.7. The molecule has 0 spiro atoms. The van der Waals surface area contributed by atoms with Crippen LogP contribution in [0, 0.1) is 0 Å². The number of hydrogen-bond acceptors (Lipinski definition) is 4. The molecule has 5 heteroatoms. The standard InChI is InChI=1S/C31H37N3O2/c1-4-5-19-33(3)31(28-14-10-7-11-15-28)32-25(2)18-20-34(22-26-12-8-6-9-13-26)23-27-16-17-29-30(21-27)36-24-35-29/h6-18,21H,4-5,19-20,22-24H2,1-3H3/b25-18+,32-31?. The Balaban J connectivity index is 1.53. The van der Waals surface area contributed by atoms with E-state index >= 15 is 0 Å². The van der Waals surface area contributed by atoms with Gasteiger partial charge in [0.2, 0.25) is 6.79 Å². The molecule has 3 aromatic carbocycles. The number of allylic oxidation sites excluding steroid dienone is 1. The number of fused-ring (bicyclic) bond motifs is 1. The minimum Gasteiger partial charge on any atom is -0.454 e. The van der Waals surface area contributed by atoms with Crippen molar-refractivity contribution in [3.05, 3.63) is 107 Å². The Morgan fingerprint density at radius 1 is 0.889 bits per heavy atom. The first-order chi connectivity index (χ1) is 17.6. The average Bonchev–Trinajstić information content (AvgIpc) is 3.38. The second-order valence-corrected chi connectivity index (χ2v) is 9.26. The summed E-state index contributed by atoms with van der Waals surface area (Å²) in [6, 6.07) is 27.3. The number of rotatable bonds is 11. The van der Waals surface area contributed by atoms with Crippen LogP contribution in [0.4, 0.5) is 0 Å². The van der Waals surface area contributed by atoms with E-state index in [9.17, 15) is 0 Å². The molecule has 0 atom stereocenters. The van der Waals surface area contributed by atoms with Crippen LogP contribution < -0.4 is 9.47 Å². The van der Waals surface area contributed by atoms with Crippen LogP contribution in [0.5, 0.6) is 11.5 Å². The Hall–Kier alpha value is -3.57. The van der Waals surface area contributed by atoms with E-state index < -0.39 is 0 Å². The van der Waals surface area contributed by atoms with Crippen LogP contribution in [-0.2, 0) is 13.1 Å². The third-order valence-corrected chi connectivity index (χ3v) is 6.26. The van der Waals surface area contributed by atoms with Gasteiger partial charge in [0, 0.05) is 44.5 Å². The lowest BCUT2D eigenvalue weighted by molar-refractivity contribution is 0.174. The van der Waals surface area contributed by atoms with Crippen LogP contribution in [0.3, 0.4) is 0 Å². The van der Waals surface area contributed by atoms with Gasteiger partial charge in [0.1, 0.15) is 5.84 Å². The van der Waals surface area contributed by atoms with Gasteiger partial charge in [-0.1, -0.05) is 80.1 Å². The minimum atomic E-state index is 0.295. The maximum atomic E-state index is 5.60. The third kappa shape index (κ3) is 7.22. The molecule has 0 saturated carbocycles. The lowest BCUT2D eigenvalue weighted by Gasteiger charge is -2.23. The van der Waals surface area contributed by atoms with Gasteiger partial charge in [-0.25, -0.2) is 4.99 Å². The third-order valence-electron chi connectivity index (χ3n) is 6.26. The summed E-state index contributed by atoms with van der Waals surface area (Å²) in [4.78, 5) is 9.77. The molecule has 1 aliphatic rings. The smallest absolute Gasteiger partial charge is 0.231 e. The molecule has 1 heterocycles. The first-order valence-electron chi connectivity index (χ1n) is 12.8. The van der Waals surface area contributed by atoms with Crippen molar-refractivity contribution in [1.82, 2.24) is 9.80 Å². The first-order valence-corrected chi connectivity index (χ1v) is 12.8. The summed E-state index contributed by atoms with van der Waals surface area (Å²) < 4.78 is 11.1. The van der Waals surface area contributed by atoms with Crippen molar-refractivity contribution in [2.24, 2.45) is 4.99 Å². The Morgan fingerprint density at radius 2 is 1.58 bits per heavy atom. The number of aliphatic imine (C=N–C) groups is 1. The SMILES string of the molecule is CCCCN(C)C(=N/C(C)=C/CN(Cc1ccccc1)Cc1ccc2c(c1)OCO2)c1ccccc1. The van der Waals surface area contributed by atoms with Gasteiger partial charge in [0.15, 0.2) is 11.5 Å². The summed E-state index contributed by atoms with van der Waals surface area (Å²) in [5.74, 6) is 2.66. The summed E-state index contributed by atoms with van der Waals surface area (Å²) in [7, 11) is 2.14. The normalized spacial score (nSPS) is 13.3. The monoisotopic (exact) mass is 483 g/mol. The largest absolute Gasteiger partial charge is 0.454 e. The van der Waals surface area contributed by atoms with Gasteiger partial charge in [-0.05, 0) is 42.7 Å². The highest BCUT2D eigenvalue weighted by Gasteiger charge is 2.15. The van der Waals surface area contributed by atoms with Crippen LogP contribution >= 0.6 is 0 Å². The summed E-state index contributed by atoms with van der Waals surface area (Å²) >= 11 is 0. The Morgan fingerprint density at radius 3 is 2.33 bits per heavy atom. The molecule has 0 N–H and O–H groups in total. The molecule has 0 aliphatic carbocycles. The van der Waals surface area contributed by atoms with Gasteiger partial charge in [-0.2, -0.15) is 0 Å². The molecule has 3 aromatic rings. The number of unbranched alkanes of at least 4 members (excludes halogenated alkanes) is 1. The molecule has 0 saturated heterocycles. The number of ether oxygens (including phenoxy) is 2. The van der Waals surface area contributed by atoms with E-state index in [-0.39, 0.29) is 0 Å². The number of amidine groups is 1. The average molecular weight is 484 g/mol. The van der Waals surface area contributed by atoms with Crippen molar-refractivity contribution in [1.29, 1.82) is 0 Å². The van der Waals surface area contributed by atoms with E-state index in [0.717, 1.165) is 67.6 Å². The van der Waals surface area contributed by atoms with Crippen LogP contribution in [0.15, 0.2) is 95.6 Å². The number of hydrogen-bond donors (Lipinski definition) is 0. The fraction of sp³-hybridized carbons (Fsp3) is 0.323. The lowest BCUT2D eigenvalue weighted by Crippen LogP contribution is -2.29. The van der Waals surface area contributed by atoms with E-state index in [1.54, 1.807) is 0 Å². The molecular formula is C31H37N3O2. The Kier molecular flexibility index (Phi) is 9.17. The Labute approximate surface area is 215 Å². The first kappa shape index (κ1) is 25.5. The lowest BCUT2D eigenvalue weighted by atomic mass is 10.1. The van der Waals surface area contributed by atoms with Gasteiger partial charge >= 0.3 is 0 Å². The quantitative estimate of drug-likeness (QED) is 0.230.